The molecule has 1 heterocycles. The van der Waals surface area contributed by atoms with Crippen molar-refractivity contribution in [1.82, 2.24) is 15.0 Å². The molecular weight excluding hydrogens is 174 g/mol. The van der Waals surface area contributed by atoms with Crippen molar-refractivity contribution in [3.8, 4) is 0 Å². The van der Waals surface area contributed by atoms with E-state index in [0.717, 1.165) is 17.3 Å². The lowest BCUT2D eigenvalue weighted by Gasteiger charge is -1.99. The molecule has 2 rings (SSSR count). The zero-order valence-electron chi connectivity index (χ0n) is 7.29. The van der Waals surface area contributed by atoms with E-state index >= 15 is 0 Å². The Balaban J connectivity index is 2.27. The molecule has 1 aliphatic rings. The van der Waals surface area contributed by atoms with Crippen LogP contribution in [0.5, 0.6) is 0 Å². The molecule has 0 spiro atoms. The van der Waals surface area contributed by atoms with Crippen LogP contribution in [0.15, 0.2) is 0 Å². The van der Waals surface area contributed by atoms with Gasteiger partial charge < -0.3 is 0 Å². The molecule has 12 heavy (non-hydrogen) atoms. The van der Waals surface area contributed by atoms with Crippen LogP contribution in [-0.2, 0) is 5.88 Å². The van der Waals surface area contributed by atoms with E-state index in [1.165, 1.54) is 6.42 Å². The summed E-state index contributed by atoms with van der Waals surface area (Å²) in [5.74, 6) is 1.22. The van der Waals surface area contributed by atoms with Gasteiger partial charge in [0.05, 0.1) is 17.6 Å². The molecule has 2 unspecified atom stereocenters. The van der Waals surface area contributed by atoms with Crippen molar-refractivity contribution in [3.63, 3.8) is 0 Å². The number of halogens is 1. The van der Waals surface area contributed by atoms with E-state index in [-0.39, 0.29) is 0 Å². The van der Waals surface area contributed by atoms with Gasteiger partial charge >= 0.3 is 0 Å². The van der Waals surface area contributed by atoms with Gasteiger partial charge in [0.15, 0.2) is 0 Å². The summed E-state index contributed by atoms with van der Waals surface area (Å²) in [5.41, 5.74) is 2.04. The second kappa shape index (κ2) is 2.73. The third-order valence-corrected chi connectivity index (χ3v) is 2.78. The van der Waals surface area contributed by atoms with Gasteiger partial charge in [0.2, 0.25) is 0 Å². The highest BCUT2D eigenvalue weighted by Crippen LogP contribution is 2.42. The molecule has 1 fully saturated rings. The van der Waals surface area contributed by atoms with Gasteiger partial charge in [0.1, 0.15) is 5.69 Å². The predicted octanol–water partition coefficient (Wildman–Crippen LogP) is 1.91. The van der Waals surface area contributed by atoms with E-state index in [4.69, 9.17) is 11.6 Å². The Morgan fingerprint density at radius 3 is 2.75 bits per heavy atom. The van der Waals surface area contributed by atoms with Crippen molar-refractivity contribution >= 4 is 11.6 Å². The summed E-state index contributed by atoms with van der Waals surface area (Å²) in [6, 6.07) is 0.578. The topological polar surface area (TPSA) is 30.7 Å². The SMILES string of the molecule is Cc1c(CCl)nnn1C1CC1C. The second-order valence-corrected chi connectivity index (χ2v) is 3.75. The molecule has 2 atom stereocenters. The van der Waals surface area contributed by atoms with Gasteiger partial charge in [-0.05, 0) is 19.3 Å². The van der Waals surface area contributed by atoms with Crippen LogP contribution in [0.3, 0.4) is 0 Å². The first-order valence-corrected chi connectivity index (χ1v) is 4.74. The molecule has 0 aliphatic heterocycles. The van der Waals surface area contributed by atoms with Gasteiger partial charge in [-0.25, -0.2) is 4.68 Å². The van der Waals surface area contributed by atoms with E-state index in [9.17, 15) is 0 Å². The van der Waals surface area contributed by atoms with Crippen LogP contribution in [0.2, 0.25) is 0 Å². The molecule has 1 aromatic heterocycles. The second-order valence-electron chi connectivity index (χ2n) is 3.48. The first-order valence-electron chi connectivity index (χ1n) is 4.20. The summed E-state index contributed by atoms with van der Waals surface area (Å²) >= 11 is 5.69. The first kappa shape index (κ1) is 8.05. The number of nitrogens with zero attached hydrogens (tertiary/aromatic N) is 3. The third kappa shape index (κ3) is 1.12. The molecule has 0 N–H and O–H groups in total. The Morgan fingerprint density at radius 2 is 2.33 bits per heavy atom. The molecule has 0 saturated heterocycles. The average Bonchev–Trinajstić information content (AvgIpc) is 2.63. The van der Waals surface area contributed by atoms with E-state index in [1.54, 1.807) is 0 Å². The molecule has 1 aromatic rings. The van der Waals surface area contributed by atoms with Crippen LogP contribution in [0.1, 0.15) is 30.8 Å². The largest absolute Gasteiger partial charge is 0.246 e. The van der Waals surface area contributed by atoms with Gasteiger partial charge in [-0.15, -0.1) is 16.7 Å². The molecule has 1 aliphatic carbocycles. The van der Waals surface area contributed by atoms with Gasteiger partial charge in [0, 0.05) is 0 Å². The molecule has 0 aromatic carbocycles. The molecule has 3 nitrogen and oxygen atoms in total. The van der Waals surface area contributed by atoms with Crippen LogP contribution in [0, 0.1) is 12.8 Å². The lowest BCUT2D eigenvalue weighted by atomic mass is 10.3. The number of hydrogen-bond acceptors (Lipinski definition) is 2. The summed E-state index contributed by atoms with van der Waals surface area (Å²) in [5, 5.41) is 8.09. The van der Waals surface area contributed by atoms with Crippen molar-refractivity contribution in [3.05, 3.63) is 11.4 Å². The number of rotatable bonds is 2. The minimum Gasteiger partial charge on any atom is -0.246 e. The van der Waals surface area contributed by atoms with Gasteiger partial charge in [0.25, 0.3) is 0 Å². The molecule has 0 radical (unpaired) electrons. The maximum Gasteiger partial charge on any atom is 0.100 e. The highest BCUT2D eigenvalue weighted by atomic mass is 35.5. The Hall–Kier alpha value is -0.570. The normalized spacial score (nSPS) is 27.6. The third-order valence-electron chi connectivity index (χ3n) is 2.53. The van der Waals surface area contributed by atoms with Crippen molar-refractivity contribution < 1.29 is 0 Å². The Morgan fingerprint density at radius 1 is 1.67 bits per heavy atom. The Bertz CT molecular complexity index is 294. The quantitative estimate of drug-likeness (QED) is 0.659. The first-order chi connectivity index (χ1) is 5.74. The fourth-order valence-corrected chi connectivity index (χ4v) is 1.70. The maximum atomic E-state index is 5.69. The van der Waals surface area contributed by atoms with Crippen molar-refractivity contribution in [1.29, 1.82) is 0 Å². The van der Waals surface area contributed by atoms with E-state index in [1.807, 2.05) is 11.6 Å². The van der Waals surface area contributed by atoms with Gasteiger partial charge in [-0.2, -0.15) is 0 Å². The summed E-state index contributed by atoms with van der Waals surface area (Å²) in [6.45, 7) is 4.26. The summed E-state index contributed by atoms with van der Waals surface area (Å²) in [4.78, 5) is 0. The van der Waals surface area contributed by atoms with Crippen molar-refractivity contribution in [2.24, 2.45) is 5.92 Å². The molecular formula is C8H12ClN3. The molecule has 4 heteroatoms. The summed E-state index contributed by atoms with van der Waals surface area (Å²) in [7, 11) is 0. The fraction of sp³-hybridized carbons (Fsp3) is 0.750. The van der Waals surface area contributed by atoms with Crippen LogP contribution in [0.4, 0.5) is 0 Å². The van der Waals surface area contributed by atoms with Crippen LogP contribution in [-0.4, -0.2) is 15.0 Å². The van der Waals surface area contributed by atoms with E-state index in [0.29, 0.717) is 11.9 Å². The predicted molar refractivity (Wildman–Crippen MR) is 47.1 cm³/mol. The van der Waals surface area contributed by atoms with E-state index < -0.39 is 0 Å². The standard InChI is InChI=1S/C8H12ClN3/c1-5-3-8(5)12-6(2)7(4-9)10-11-12/h5,8H,3-4H2,1-2H3. The molecule has 0 bridgehead atoms. The Labute approximate surface area is 76.7 Å². The van der Waals surface area contributed by atoms with Crippen LogP contribution in [0.25, 0.3) is 0 Å². The van der Waals surface area contributed by atoms with E-state index in [2.05, 4.69) is 17.2 Å². The maximum absolute atomic E-state index is 5.69. The number of hydrogen-bond donors (Lipinski definition) is 0. The lowest BCUT2D eigenvalue weighted by Crippen LogP contribution is -2.00. The molecule has 66 valence electrons. The van der Waals surface area contributed by atoms with Gasteiger partial charge in [-0.3, -0.25) is 0 Å². The molecule has 0 amide bonds. The number of aromatic nitrogens is 3. The zero-order chi connectivity index (χ0) is 8.72. The fourth-order valence-electron chi connectivity index (χ4n) is 1.46. The minimum absolute atomic E-state index is 0.465. The monoisotopic (exact) mass is 185 g/mol. The number of alkyl halides is 1. The van der Waals surface area contributed by atoms with Crippen LogP contribution >= 0.6 is 11.6 Å². The van der Waals surface area contributed by atoms with Crippen molar-refractivity contribution in [2.45, 2.75) is 32.2 Å². The highest BCUT2D eigenvalue weighted by Gasteiger charge is 2.36. The smallest absolute Gasteiger partial charge is 0.100 e. The Kier molecular flexibility index (Phi) is 1.83. The highest BCUT2D eigenvalue weighted by molar-refractivity contribution is 6.16. The minimum atomic E-state index is 0.465. The van der Waals surface area contributed by atoms with Crippen LogP contribution < -0.4 is 0 Å². The van der Waals surface area contributed by atoms with Crippen molar-refractivity contribution in [2.75, 3.05) is 0 Å². The molecule has 1 saturated carbocycles. The summed E-state index contributed by atoms with van der Waals surface area (Å²) in [6.07, 6.45) is 1.23. The zero-order valence-corrected chi connectivity index (χ0v) is 8.04. The average molecular weight is 186 g/mol. The lowest BCUT2D eigenvalue weighted by molar-refractivity contribution is 0.566. The van der Waals surface area contributed by atoms with Gasteiger partial charge in [-0.1, -0.05) is 12.1 Å². The summed E-state index contributed by atoms with van der Waals surface area (Å²) < 4.78 is 2.00.